The van der Waals surface area contributed by atoms with Gasteiger partial charge in [0.25, 0.3) is 5.91 Å². The third-order valence-electron chi connectivity index (χ3n) is 1.32. The zero-order valence-electron chi connectivity index (χ0n) is 6.55. The van der Waals surface area contributed by atoms with E-state index in [-0.39, 0.29) is 5.91 Å². The van der Waals surface area contributed by atoms with Crippen molar-refractivity contribution < 1.29 is 4.79 Å². The van der Waals surface area contributed by atoms with Crippen LogP contribution in [-0.2, 0) is 4.79 Å². The number of carbonyl (C=O) groups is 1. The van der Waals surface area contributed by atoms with E-state index in [1.54, 1.807) is 11.9 Å². The van der Waals surface area contributed by atoms with Gasteiger partial charge in [0.15, 0.2) is 0 Å². The van der Waals surface area contributed by atoms with E-state index in [1.807, 2.05) is 0 Å². The SMILES string of the molecule is C#CC(=O)N(C)CCCC. The minimum Gasteiger partial charge on any atom is -0.335 e. The smallest absolute Gasteiger partial charge is 0.297 e. The van der Waals surface area contributed by atoms with Crippen molar-refractivity contribution in [3.63, 3.8) is 0 Å². The van der Waals surface area contributed by atoms with Crippen LogP contribution < -0.4 is 0 Å². The Kier molecular flexibility index (Phi) is 4.39. The number of rotatable bonds is 3. The van der Waals surface area contributed by atoms with Crippen LogP contribution in [0.3, 0.4) is 0 Å². The number of amides is 1. The molecule has 0 rings (SSSR count). The van der Waals surface area contributed by atoms with E-state index in [2.05, 4.69) is 12.8 Å². The Morgan fingerprint density at radius 3 is 2.70 bits per heavy atom. The lowest BCUT2D eigenvalue weighted by atomic mass is 10.3. The molecule has 0 aliphatic heterocycles. The van der Waals surface area contributed by atoms with Crippen molar-refractivity contribution in [2.45, 2.75) is 19.8 Å². The summed E-state index contributed by atoms with van der Waals surface area (Å²) in [5, 5.41) is 0. The molecule has 56 valence electrons. The number of nitrogens with zero attached hydrogens (tertiary/aromatic N) is 1. The van der Waals surface area contributed by atoms with Crippen LogP contribution in [0.4, 0.5) is 0 Å². The molecule has 10 heavy (non-hydrogen) atoms. The summed E-state index contributed by atoms with van der Waals surface area (Å²) in [5.74, 6) is 1.83. The Morgan fingerprint density at radius 1 is 1.70 bits per heavy atom. The van der Waals surface area contributed by atoms with Crippen LogP contribution in [0.25, 0.3) is 0 Å². The molecule has 0 heterocycles. The maximum absolute atomic E-state index is 10.7. The Hall–Kier alpha value is -0.970. The molecular formula is C8H13NO. The molecule has 0 N–H and O–H groups in total. The summed E-state index contributed by atoms with van der Waals surface area (Å²) in [7, 11) is 1.72. The van der Waals surface area contributed by atoms with Crippen LogP contribution in [0.1, 0.15) is 19.8 Å². The highest BCUT2D eigenvalue weighted by molar-refractivity contribution is 5.92. The van der Waals surface area contributed by atoms with Crippen molar-refractivity contribution in [1.29, 1.82) is 0 Å². The molecule has 0 aliphatic carbocycles. The molecule has 0 radical (unpaired) electrons. The summed E-state index contributed by atoms with van der Waals surface area (Å²) < 4.78 is 0. The number of unbranched alkanes of at least 4 members (excludes halogenated alkanes) is 1. The van der Waals surface area contributed by atoms with Gasteiger partial charge in [0.2, 0.25) is 0 Å². The van der Waals surface area contributed by atoms with Gasteiger partial charge in [-0.2, -0.15) is 0 Å². The minimum atomic E-state index is -0.228. The zero-order chi connectivity index (χ0) is 7.98. The Labute approximate surface area is 62.2 Å². The van der Waals surface area contributed by atoms with Gasteiger partial charge < -0.3 is 4.90 Å². The van der Waals surface area contributed by atoms with Gasteiger partial charge in [-0.3, -0.25) is 4.79 Å². The molecule has 0 saturated heterocycles. The number of hydrogen-bond donors (Lipinski definition) is 0. The number of carbonyl (C=O) groups excluding carboxylic acids is 1. The maximum atomic E-state index is 10.7. The second-order valence-electron chi connectivity index (χ2n) is 2.22. The van der Waals surface area contributed by atoms with Crippen molar-refractivity contribution in [3.8, 4) is 12.3 Å². The van der Waals surface area contributed by atoms with E-state index in [9.17, 15) is 4.79 Å². The topological polar surface area (TPSA) is 20.3 Å². The highest BCUT2D eigenvalue weighted by Crippen LogP contribution is 1.90. The predicted molar refractivity (Wildman–Crippen MR) is 41.4 cm³/mol. The van der Waals surface area contributed by atoms with Gasteiger partial charge in [0.1, 0.15) is 0 Å². The molecule has 2 heteroatoms. The third-order valence-corrected chi connectivity index (χ3v) is 1.32. The van der Waals surface area contributed by atoms with Gasteiger partial charge in [-0.15, -0.1) is 6.42 Å². The highest BCUT2D eigenvalue weighted by atomic mass is 16.2. The van der Waals surface area contributed by atoms with E-state index in [4.69, 9.17) is 6.42 Å². The zero-order valence-corrected chi connectivity index (χ0v) is 6.55. The Bertz CT molecular complexity index is 146. The molecule has 0 bridgehead atoms. The summed E-state index contributed by atoms with van der Waals surface area (Å²) in [6, 6.07) is 0. The summed E-state index contributed by atoms with van der Waals surface area (Å²) in [6.07, 6.45) is 7.01. The molecule has 0 aromatic rings. The van der Waals surface area contributed by atoms with Crippen LogP contribution in [0.15, 0.2) is 0 Å². The van der Waals surface area contributed by atoms with Crippen LogP contribution in [0.2, 0.25) is 0 Å². The summed E-state index contributed by atoms with van der Waals surface area (Å²) in [4.78, 5) is 12.3. The van der Waals surface area contributed by atoms with E-state index < -0.39 is 0 Å². The van der Waals surface area contributed by atoms with E-state index in [0.717, 1.165) is 19.4 Å². The van der Waals surface area contributed by atoms with Crippen molar-refractivity contribution in [2.75, 3.05) is 13.6 Å². The van der Waals surface area contributed by atoms with Crippen molar-refractivity contribution in [2.24, 2.45) is 0 Å². The molecule has 0 aromatic heterocycles. The van der Waals surface area contributed by atoms with Crippen LogP contribution >= 0.6 is 0 Å². The largest absolute Gasteiger partial charge is 0.335 e. The molecule has 0 aromatic carbocycles. The van der Waals surface area contributed by atoms with Crippen molar-refractivity contribution >= 4 is 5.91 Å². The average molecular weight is 139 g/mol. The van der Waals surface area contributed by atoms with E-state index in [0.29, 0.717) is 0 Å². The fourth-order valence-electron chi connectivity index (χ4n) is 0.607. The van der Waals surface area contributed by atoms with Crippen LogP contribution in [-0.4, -0.2) is 24.4 Å². The van der Waals surface area contributed by atoms with Gasteiger partial charge in [0.05, 0.1) is 0 Å². The summed E-state index contributed by atoms with van der Waals surface area (Å²) in [5.41, 5.74) is 0. The van der Waals surface area contributed by atoms with E-state index >= 15 is 0 Å². The fourth-order valence-corrected chi connectivity index (χ4v) is 0.607. The normalized spacial score (nSPS) is 8.50. The number of hydrogen-bond acceptors (Lipinski definition) is 1. The Balaban J connectivity index is 3.54. The molecule has 0 atom stereocenters. The van der Waals surface area contributed by atoms with Crippen molar-refractivity contribution in [3.05, 3.63) is 0 Å². The van der Waals surface area contributed by atoms with Gasteiger partial charge in [0, 0.05) is 13.6 Å². The van der Waals surface area contributed by atoms with Gasteiger partial charge >= 0.3 is 0 Å². The summed E-state index contributed by atoms with van der Waals surface area (Å²) in [6.45, 7) is 2.84. The van der Waals surface area contributed by atoms with Gasteiger partial charge in [-0.1, -0.05) is 13.3 Å². The third kappa shape index (κ3) is 3.13. The monoisotopic (exact) mass is 139 g/mol. The van der Waals surface area contributed by atoms with Crippen molar-refractivity contribution in [1.82, 2.24) is 4.90 Å². The first-order chi connectivity index (χ1) is 4.72. The molecule has 0 fully saturated rings. The highest BCUT2D eigenvalue weighted by Gasteiger charge is 2.01. The molecule has 0 unspecified atom stereocenters. The molecule has 0 aliphatic rings. The van der Waals surface area contributed by atoms with Crippen LogP contribution in [0.5, 0.6) is 0 Å². The first kappa shape index (κ1) is 9.03. The fraction of sp³-hybridized carbons (Fsp3) is 0.625. The maximum Gasteiger partial charge on any atom is 0.297 e. The lowest BCUT2D eigenvalue weighted by Gasteiger charge is -2.11. The summed E-state index contributed by atoms with van der Waals surface area (Å²) >= 11 is 0. The van der Waals surface area contributed by atoms with Gasteiger partial charge in [-0.25, -0.2) is 0 Å². The lowest BCUT2D eigenvalue weighted by Crippen LogP contribution is -2.25. The average Bonchev–Trinajstić information content (AvgIpc) is 1.98. The van der Waals surface area contributed by atoms with Gasteiger partial charge in [-0.05, 0) is 12.3 Å². The quantitative estimate of drug-likeness (QED) is 0.531. The first-order valence-electron chi connectivity index (χ1n) is 3.44. The standard InChI is InChI=1S/C8H13NO/c1-4-6-7-9(3)8(10)5-2/h2H,4,6-7H2,1,3H3. The number of terminal acetylenes is 1. The Morgan fingerprint density at radius 2 is 2.30 bits per heavy atom. The minimum absolute atomic E-state index is 0.228. The first-order valence-corrected chi connectivity index (χ1v) is 3.44. The second-order valence-corrected chi connectivity index (χ2v) is 2.22. The lowest BCUT2D eigenvalue weighted by molar-refractivity contribution is -0.123. The second kappa shape index (κ2) is 4.87. The molecule has 0 saturated carbocycles. The van der Waals surface area contributed by atoms with Crippen LogP contribution in [0, 0.1) is 12.3 Å². The molecule has 2 nitrogen and oxygen atoms in total. The molecule has 1 amide bonds. The predicted octanol–water partition coefficient (Wildman–Crippen LogP) is 0.878. The molecule has 0 spiro atoms. The molecular weight excluding hydrogens is 126 g/mol. The van der Waals surface area contributed by atoms with E-state index in [1.165, 1.54) is 0 Å².